The highest BCUT2D eigenvalue weighted by atomic mass is 35.5. The monoisotopic (exact) mass is 367 g/mol. The van der Waals surface area contributed by atoms with E-state index in [1.165, 1.54) is 5.56 Å². The average Bonchev–Trinajstić information content (AvgIpc) is 2.50. The molecule has 0 bridgehead atoms. The zero-order chi connectivity index (χ0) is 17.9. The van der Waals surface area contributed by atoms with E-state index in [2.05, 4.69) is 17.6 Å². The lowest BCUT2D eigenvalue weighted by molar-refractivity contribution is -0.137. The van der Waals surface area contributed by atoms with Crippen molar-refractivity contribution in [2.45, 2.75) is 46.6 Å². The molecule has 1 aliphatic rings. The van der Waals surface area contributed by atoms with Crippen molar-refractivity contribution in [2.24, 2.45) is 5.92 Å². The summed E-state index contributed by atoms with van der Waals surface area (Å²) in [7, 11) is 1.71. The number of piperidine rings is 1. The van der Waals surface area contributed by atoms with E-state index in [1.807, 2.05) is 32.9 Å². The van der Waals surface area contributed by atoms with E-state index in [4.69, 9.17) is 0 Å². The van der Waals surface area contributed by atoms with E-state index >= 15 is 0 Å². The molecule has 2 rings (SSSR count). The van der Waals surface area contributed by atoms with Crippen LogP contribution in [0.3, 0.4) is 0 Å². The second kappa shape index (κ2) is 9.20. The highest BCUT2D eigenvalue weighted by Crippen LogP contribution is 2.22. The van der Waals surface area contributed by atoms with Gasteiger partial charge in [0.2, 0.25) is 11.8 Å². The first-order valence-electron chi connectivity index (χ1n) is 8.64. The Labute approximate surface area is 157 Å². The average molecular weight is 368 g/mol. The predicted octanol–water partition coefficient (Wildman–Crippen LogP) is 2.82. The summed E-state index contributed by atoms with van der Waals surface area (Å²) < 4.78 is 0. The normalized spacial score (nSPS) is 19.7. The molecule has 1 aliphatic heterocycles. The smallest absolute Gasteiger partial charge is 0.243 e. The summed E-state index contributed by atoms with van der Waals surface area (Å²) >= 11 is 0. The van der Waals surface area contributed by atoms with Crippen LogP contribution in [0.15, 0.2) is 12.1 Å². The minimum atomic E-state index is -0.150. The van der Waals surface area contributed by atoms with Crippen molar-refractivity contribution in [1.82, 2.24) is 10.2 Å². The number of carbonyl (C=O) groups excluding carboxylic acids is 2. The van der Waals surface area contributed by atoms with Crippen LogP contribution in [0.25, 0.3) is 0 Å². The third-order valence-electron chi connectivity index (χ3n) is 4.67. The molecule has 1 aromatic rings. The maximum Gasteiger partial charge on any atom is 0.243 e. The molecule has 2 amide bonds. The van der Waals surface area contributed by atoms with Gasteiger partial charge in [-0.3, -0.25) is 9.59 Å². The number of hydrogen-bond donors (Lipinski definition) is 2. The Bertz CT molecular complexity index is 610. The highest BCUT2D eigenvalue weighted by molar-refractivity contribution is 5.96. The van der Waals surface area contributed by atoms with Gasteiger partial charge in [0, 0.05) is 24.7 Å². The summed E-state index contributed by atoms with van der Waals surface area (Å²) in [5.41, 5.74) is 4.11. The Balaban J connectivity index is 0.00000312. The van der Waals surface area contributed by atoms with Crippen molar-refractivity contribution >= 4 is 29.9 Å². The van der Waals surface area contributed by atoms with Crippen molar-refractivity contribution in [3.05, 3.63) is 28.8 Å². The summed E-state index contributed by atoms with van der Waals surface area (Å²) in [4.78, 5) is 26.4. The lowest BCUT2D eigenvalue weighted by Crippen LogP contribution is -2.44. The summed E-state index contributed by atoms with van der Waals surface area (Å²) in [6.07, 6.45) is 1.67. The SMILES string of the molecule is Cc1cc(C)c(NC(=O)CN(C)C(=O)[C@H]2CCN[C@@H](C)C2)c(C)c1.Cl. The van der Waals surface area contributed by atoms with Gasteiger partial charge in [-0.25, -0.2) is 0 Å². The zero-order valence-corrected chi connectivity index (χ0v) is 16.6. The summed E-state index contributed by atoms with van der Waals surface area (Å²) in [5.74, 6) is -0.0689. The van der Waals surface area contributed by atoms with Crippen LogP contribution in [0.1, 0.15) is 36.5 Å². The van der Waals surface area contributed by atoms with Crippen molar-refractivity contribution in [3.63, 3.8) is 0 Å². The van der Waals surface area contributed by atoms with Crippen LogP contribution >= 0.6 is 12.4 Å². The summed E-state index contributed by atoms with van der Waals surface area (Å²) in [5, 5.41) is 6.30. The molecule has 2 atom stereocenters. The molecule has 1 fully saturated rings. The minimum Gasteiger partial charge on any atom is -0.336 e. The van der Waals surface area contributed by atoms with Gasteiger partial charge < -0.3 is 15.5 Å². The van der Waals surface area contributed by atoms with Crippen LogP contribution in [-0.4, -0.2) is 42.9 Å². The van der Waals surface area contributed by atoms with Gasteiger partial charge >= 0.3 is 0 Å². The number of nitrogens with zero attached hydrogens (tertiary/aromatic N) is 1. The van der Waals surface area contributed by atoms with Crippen LogP contribution in [-0.2, 0) is 9.59 Å². The number of benzene rings is 1. The number of halogens is 1. The quantitative estimate of drug-likeness (QED) is 0.860. The van der Waals surface area contributed by atoms with E-state index in [9.17, 15) is 9.59 Å². The molecule has 140 valence electrons. The molecule has 1 aromatic carbocycles. The number of nitrogens with one attached hydrogen (secondary N) is 2. The van der Waals surface area contributed by atoms with Crippen LogP contribution in [0.2, 0.25) is 0 Å². The molecule has 0 unspecified atom stereocenters. The lowest BCUT2D eigenvalue weighted by Gasteiger charge is -2.30. The van der Waals surface area contributed by atoms with Gasteiger partial charge in [-0.05, 0) is 58.2 Å². The van der Waals surface area contributed by atoms with Gasteiger partial charge in [-0.15, -0.1) is 12.4 Å². The molecule has 6 heteroatoms. The molecule has 0 radical (unpaired) electrons. The van der Waals surface area contributed by atoms with Crippen molar-refractivity contribution in [2.75, 3.05) is 25.5 Å². The van der Waals surface area contributed by atoms with Crippen molar-refractivity contribution < 1.29 is 9.59 Å². The maximum atomic E-state index is 12.5. The Hall–Kier alpha value is -1.59. The highest BCUT2D eigenvalue weighted by Gasteiger charge is 2.27. The van der Waals surface area contributed by atoms with E-state index in [-0.39, 0.29) is 36.7 Å². The largest absolute Gasteiger partial charge is 0.336 e. The summed E-state index contributed by atoms with van der Waals surface area (Å²) in [6, 6.07) is 4.45. The molecule has 5 nitrogen and oxygen atoms in total. The van der Waals surface area contributed by atoms with Gasteiger partial charge in [0.05, 0.1) is 6.54 Å². The minimum absolute atomic E-state index is 0. The number of amides is 2. The third kappa shape index (κ3) is 5.72. The second-order valence-electron chi connectivity index (χ2n) is 7.09. The molecular weight excluding hydrogens is 338 g/mol. The molecule has 2 N–H and O–H groups in total. The molecular formula is C19H30ClN3O2. The van der Waals surface area contributed by atoms with Gasteiger partial charge in [-0.2, -0.15) is 0 Å². The molecule has 0 aliphatic carbocycles. The Morgan fingerprint density at radius 3 is 2.40 bits per heavy atom. The fourth-order valence-corrected chi connectivity index (χ4v) is 3.52. The van der Waals surface area contributed by atoms with Gasteiger partial charge in [0.1, 0.15) is 0 Å². The van der Waals surface area contributed by atoms with Crippen LogP contribution in [0.4, 0.5) is 5.69 Å². The Kier molecular flexibility index (Phi) is 7.90. The maximum absolute atomic E-state index is 12.5. The van der Waals surface area contributed by atoms with Gasteiger partial charge in [0.25, 0.3) is 0 Å². The standard InChI is InChI=1S/C19H29N3O2.ClH/c1-12-8-13(2)18(14(3)9-12)21-17(23)11-22(5)19(24)16-6-7-20-15(4)10-16;/h8-9,15-16,20H,6-7,10-11H2,1-5H3,(H,21,23);1H/t15-,16-;/m0./s1. The molecule has 0 spiro atoms. The predicted molar refractivity (Wildman–Crippen MR) is 104 cm³/mol. The summed E-state index contributed by atoms with van der Waals surface area (Å²) in [6.45, 7) is 9.05. The fourth-order valence-electron chi connectivity index (χ4n) is 3.52. The first-order valence-corrected chi connectivity index (χ1v) is 8.64. The van der Waals surface area contributed by atoms with Gasteiger partial charge in [0.15, 0.2) is 0 Å². The molecule has 0 aromatic heterocycles. The van der Waals surface area contributed by atoms with Crippen LogP contribution in [0.5, 0.6) is 0 Å². The molecule has 0 saturated carbocycles. The molecule has 25 heavy (non-hydrogen) atoms. The topological polar surface area (TPSA) is 61.4 Å². The van der Waals surface area contributed by atoms with E-state index < -0.39 is 0 Å². The fraction of sp³-hybridized carbons (Fsp3) is 0.579. The van der Waals surface area contributed by atoms with Crippen LogP contribution < -0.4 is 10.6 Å². The number of likely N-dealkylation sites (N-methyl/N-ethyl adjacent to an activating group) is 1. The Morgan fingerprint density at radius 1 is 1.24 bits per heavy atom. The Morgan fingerprint density at radius 2 is 1.84 bits per heavy atom. The van der Waals surface area contributed by atoms with E-state index in [0.29, 0.717) is 6.04 Å². The first kappa shape index (κ1) is 21.5. The van der Waals surface area contributed by atoms with Crippen molar-refractivity contribution in [3.8, 4) is 0 Å². The first-order chi connectivity index (χ1) is 11.3. The number of rotatable bonds is 4. The molecule has 1 saturated heterocycles. The number of anilines is 1. The van der Waals surface area contributed by atoms with E-state index in [1.54, 1.807) is 11.9 Å². The van der Waals surface area contributed by atoms with Crippen molar-refractivity contribution in [1.29, 1.82) is 0 Å². The zero-order valence-electron chi connectivity index (χ0n) is 15.8. The number of hydrogen-bond acceptors (Lipinski definition) is 3. The van der Waals surface area contributed by atoms with E-state index in [0.717, 1.165) is 36.2 Å². The second-order valence-corrected chi connectivity index (χ2v) is 7.09. The van der Waals surface area contributed by atoms with Crippen LogP contribution in [0, 0.1) is 26.7 Å². The lowest BCUT2D eigenvalue weighted by atomic mass is 9.92. The van der Waals surface area contributed by atoms with Gasteiger partial charge in [-0.1, -0.05) is 17.7 Å². The third-order valence-corrected chi connectivity index (χ3v) is 4.67. The molecule has 1 heterocycles. The number of carbonyl (C=O) groups is 2. The number of aryl methyl sites for hydroxylation is 3.